The van der Waals surface area contributed by atoms with Gasteiger partial charge in [0.2, 0.25) is 0 Å². The molecule has 0 saturated heterocycles. The summed E-state index contributed by atoms with van der Waals surface area (Å²) in [5.74, 6) is -0.199. The van der Waals surface area contributed by atoms with E-state index in [4.69, 9.17) is 0 Å². The first-order chi connectivity index (χ1) is 12.7. The summed E-state index contributed by atoms with van der Waals surface area (Å²) in [6.45, 7) is 1.55. The molecule has 0 atom stereocenters. The standard InChI is InChI=1S/C17H17N7O2/c25-16(18-11-2-3-11)15-8-12-9-23(5-6-24(12)21-15)17(26)10-1-4-13-14(7-10)20-22-19-13/h1,4,7-8,11H,2-3,5-6,9H2,(H,18,25)(H,19,20,22). The maximum Gasteiger partial charge on any atom is 0.272 e. The number of hydrogen-bond donors (Lipinski definition) is 2. The average molecular weight is 351 g/mol. The van der Waals surface area contributed by atoms with Crippen LogP contribution in [0.25, 0.3) is 11.0 Å². The second kappa shape index (κ2) is 5.65. The maximum absolute atomic E-state index is 12.8. The summed E-state index contributed by atoms with van der Waals surface area (Å²) in [6, 6.07) is 7.35. The van der Waals surface area contributed by atoms with Crippen molar-refractivity contribution in [2.24, 2.45) is 0 Å². The zero-order valence-electron chi connectivity index (χ0n) is 14.0. The van der Waals surface area contributed by atoms with Crippen molar-refractivity contribution in [2.45, 2.75) is 32.0 Å². The van der Waals surface area contributed by atoms with E-state index >= 15 is 0 Å². The van der Waals surface area contributed by atoms with Crippen molar-refractivity contribution >= 4 is 22.8 Å². The van der Waals surface area contributed by atoms with Gasteiger partial charge in [-0.2, -0.15) is 20.5 Å². The molecule has 26 heavy (non-hydrogen) atoms. The lowest BCUT2D eigenvalue weighted by atomic mass is 10.1. The number of benzene rings is 1. The zero-order valence-corrected chi connectivity index (χ0v) is 14.0. The van der Waals surface area contributed by atoms with Gasteiger partial charge in [-0.25, -0.2) is 0 Å². The Morgan fingerprint density at radius 2 is 1.96 bits per heavy atom. The molecule has 1 saturated carbocycles. The molecule has 1 aliphatic carbocycles. The summed E-state index contributed by atoms with van der Waals surface area (Å²) in [5, 5.41) is 17.9. The van der Waals surface area contributed by atoms with Gasteiger partial charge in [0.15, 0.2) is 5.69 Å². The number of H-pyrrole nitrogens is 1. The largest absolute Gasteiger partial charge is 0.348 e. The molecule has 1 aliphatic heterocycles. The van der Waals surface area contributed by atoms with Gasteiger partial charge in [0, 0.05) is 18.2 Å². The fourth-order valence-corrected chi connectivity index (χ4v) is 3.19. The molecule has 1 fully saturated rings. The van der Waals surface area contributed by atoms with Gasteiger partial charge >= 0.3 is 0 Å². The van der Waals surface area contributed by atoms with Crippen molar-refractivity contribution < 1.29 is 9.59 Å². The highest BCUT2D eigenvalue weighted by Gasteiger charge is 2.28. The summed E-state index contributed by atoms with van der Waals surface area (Å²) < 4.78 is 1.81. The van der Waals surface area contributed by atoms with Gasteiger partial charge in [-0.1, -0.05) is 0 Å². The SMILES string of the molecule is O=C(NC1CC1)c1cc2n(n1)CCN(C(=O)c1ccc3n[nH]nc3c1)C2. The summed E-state index contributed by atoms with van der Waals surface area (Å²) >= 11 is 0. The molecule has 5 rings (SSSR count). The molecule has 0 spiro atoms. The van der Waals surface area contributed by atoms with Crippen LogP contribution in [-0.4, -0.2) is 54.5 Å². The quantitative estimate of drug-likeness (QED) is 0.722. The van der Waals surface area contributed by atoms with Crippen LogP contribution in [0.3, 0.4) is 0 Å². The van der Waals surface area contributed by atoms with Crippen LogP contribution in [-0.2, 0) is 13.1 Å². The van der Waals surface area contributed by atoms with Crippen LogP contribution in [0.4, 0.5) is 0 Å². The number of carbonyl (C=O) groups excluding carboxylic acids is 2. The Bertz CT molecular complexity index is 1020. The minimum absolute atomic E-state index is 0.0636. The number of aromatic amines is 1. The molecule has 9 heteroatoms. The molecule has 1 aromatic carbocycles. The molecule has 2 aliphatic rings. The van der Waals surface area contributed by atoms with Crippen molar-refractivity contribution in [3.63, 3.8) is 0 Å². The van der Waals surface area contributed by atoms with Crippen molar-refractivity contribution in [3.05, 3.63) is 41.2 Å². The highest BCUT2D eigenvalue weighted by molar-refractivity contribution is 5.97. The van der Waals surface area contributed by atoms with Gasteiger partial charge in [0.05, 0.1) is 18.8 Å². The zero-order chi connectivity index (χ0) is 17.7. The first-order valence-corrected chi connectivity index (χ1v) is 8.65. The molecule has 0 bridgehead atoms. The number of rotatable bonds is 3. The first kappa shape index (κ1) is 15.1. The number of amides is 2. The highest BCUT2D eigenvalue weighted by atomic mass is 16.2. The second-order valence-electron chi connectivity index (χ2n) is 6.75. The Morgan fingerprint density at radius 3 is 2.81 bits per heavy atom. The van der Waals surface area contributed by atoms with E-state index in [1.54, 1.807) is 29.2 Å². The summed E-state index contributed by atoms with van der Waals surface area (Å²) in [6.07, 6.45) is 2.08. The predicted molar refractivity (Wildman–Crippen MR) is 91.3 cm³/mol. The number of carbonyl (C=O) groups is 2. The van der Waals surface area contributed by atoms with Gasteiger partial charge in [0.25, 0.3) is 11.8 Å². The van der Waals surface area contributed by atoms with Crippen LogP contribution >= 0.6 is 0 Å². The molecular weight excluding hydrogens is 334 g/mol. The van der Waals surface area contributed by atoms with E-state index in [1.807, 2.05) is 4.68 Å². The first-order valence-electron chi connectivity index (χ1n) is 8.65. The topological polar surface area (TPSA) is 109 Å². The monoisotopic (exact) mass is 351 g/mol. The minimum atomic E-state index is -0.135. The molecule has 3 aromatic rings. The number of aromatic nitrogens is 5. The Kier molecular flexibility index (Phi) is 3.27. The maximum atomic E-state index is 12.8. The third-order valence-electron chi connectivity index (χ3n) is 4.79. The Labute approximate surface area is 148 Å². The van der Waals surface area contributed by atoms with Gasteiger partial charge < -0.3 is 10.2 Å². The van der Waals surface area contributed by atoms with Crippen LogP contribution in [0, 0.1) is 0 Å². The minimum Gasteiger partial charge on any atom is -0.348 e. The molecule has 0 radical (unpaired) electrons. The normalized spacial score (nSPS) is 16.5. The lowest BCUT2D eigenvalue weighted by Crippen LogP contribution is -2.38. The van der Waals surface area contributed by atoms with Crippen molar-refractivity contribution in [3.8, 4) is 0 Å². The van der Waals surface area contributed by atoms with E-state index in [2.05, 4.69) is 25.8 Å². The van der Waals surface area contributed by atoms with E-state index < -0.39 is 0 Å². The average Bonchev–Trinajstić information content (AvgIpc) is 3.19. The van der Waals surface area contributed by atoms with Gasteiger partial charge in [-0.05, 0) is 37.1 Å². The lowest BCUT2D eigenvalue weighted by molar-refractivity contribution is 0.0705. The number of nitrogens with one attached hydrogen (secondary N) is 2. The Morgan fingerprint density at radius 1 is 1.12 bits per heavy atom. The molecule has 0 unspecified atom stereocenters. The molecular formula is C17H17N7O2. The molecule has 2 aromatic heterocycles. The van der Waals surface area contributed by atoms with E-state index in [9.17, 15) is 9.59 Å². The fraction of sp³-hybridized carbons (Fsp3) is 0.353. The lowest BCUT2D eigenvalue weighted by Gasteiger charge is -2.27. The van der Waals surface area contributed by atoms with Crippen molar-refractivity contribution in [1.29, 1.82) is 0 Å². The van der Waals surface area contributed by atoms with Crippen LogP contribution in [0.2, 0.25) is 0 Å². The molecule has 2 N–H and O–H groups in total. The number of fused-ring (bicyclic) bond motifs is 2. The van der Waals surface area contributed by atoms with Crippen LogP contribution < -0.4 is 5.32 Å². The summed E-state index contributed by atoms with van der Waals surface area (Å²) in [5.41, 5.74) is 3.26. The van der Waals surface area contributed by atoms with E-state index in [1.165, 1.54) is 0 Å². The molecule has 3 heterocycles. The third kappa shape index (κ3) is 2.61. The van der Waals surface area contributed by atoms with Crippen LogP contribution in [0.15, 0.2) is 24.3 Å². The molecule has 9 nitrogen and oxygen atoms in total. The summed E-state index contributed by atoms with van der Waals surface area (Å²) in [4.78, 5) is 26.8. The van der Waals surface area contributed by atoms with Crippen molar-refractivity contribution in [2.75, 3.05) is 6.54 Å². The molecule has 2 amide bonds. The smallest absolute Gasteiger partial charge is 0.272 e. The Hall–Kier alpha value is -3.23. The highest BCUT2D eigenvalue weighted by Crippen LogP contribution is 2.21. The third-order valence-corrected chi connectivity index (χ3v) is 4.79. The van der Waals surface area contributed by atoms with E-state index in [-0.39, 0.29) is 11.8 Å². The fourth-order valence-electron chi connectivity index (χ4n) is 3.19. The van der Waals surface area contributed by atoms with Gasteiger partial charge in [0.1, 0.15) is 11.0 Å². The van der Waals surface area contributed by atoms with E-state index in [0.29, 0.717) is 42.5 Å². The van der Waals surface area contributed by atoms with Gasteiger partial charge in [-0.3, -0.25) is 14.3 Å². The van der Waals surface area contributed by atoms with E-state index in [0.717, 1.165) is 24.1 Å². The van der Waals surface area contributed by atoms with Crippen LogP contribution in [0.5, 0.6) is 0 Å². The Balaban J connectivity index is 1.35. The van der Waals surface area contributed by atoms with Crippen molar-refractivity contribution in [1.82, 2.24) is 35.4 Å². The molecule has 132 valence electrons. The second-order valence-corrected chi connectivity index (χ2v) is 6.75. The van der Waals surface area contributed by atoms with Crippen LogP contribution in [0.1, 0.15) is 39.4 Å². The predicted octanol–water partition coefficient (Wildman–Crippen LogP) is 0.703. The number of hydrogen-bond acceptors (Lipinski definition) is 5. The summed E-state index contributed by atoms with van der Waals surface area (Å²) in [7, 11) is 0. The number of nitrogens with zero attached hydrogens (tertiary/aromatic N) is 5. The van der Waals surface area contributed by atoms with Gasteiger partial charge in [-0.15, -0.1) is 0 Å².